The van der Waals surface area contributed by atoms with Crippen molar-refractivity contribution in [2.45, 2.75) is 39.3 Å². The molecule has 2 aliphatic rings. The number of likely N-dealkylation sites (N-methyl/N-ethyl adjacent to an activating group) is 1. The fourth-order valence-electron chi connectivity index (χ4n) is 3.48. The number of hydrogen-bond donors (Lipinski definition) is 2. The van der Waals surface area contributed by atoms with E-state index in [4.69, 9.17) is 0 Å². The van der Waals surface area contributed by atoms with E-state index in [0.717, 1.165) is 39.1 Å². The zero-order valence-corrected chi connectivity index (χ0v) is 15.2. The molecule has 0 saturated carbocycles. The minimum absolute atomic E-state index is 0.0317. The number of hydrogen-bond acceptors (Lipinski definition) is 4. The van der Waals surface area contributed by atoms with Crippen LogP contribution in [0.4, 0.5) is 4.79 Å². The number of carbonyl (C=O) groups excluding carboxylic acids is 1. The van der Waals surface area contributed by atoms with Crippen molar-refractivity contribution in [1.29, 1.82) is 0 Å². The molecule has 2 heterocycles. The number of urea groups is 1. The second-order valence-electron chi connectivity index (χ2n) is 7.62. The summed E-state index contributed by atoms with van der Waals surface area (Å²) in [5, 5.41) is 13.1. The second kappa shape index (κ2) is 8.31. The van der Waals surface area contributed by atoms with E-state index in [1.54, 1.807) is 4.90 Å². The van der Waals surface area contributed by atoms with Crippen molar-refractivity contribution in [3.63, 3.8) is 0 Å². The number of amides is 2. The third-order valence-electron chi connectivity index (χ3n) is 5.44. The molecule has 2 aliphatic heterocycles. The summed E-state index contributed by atoms with van der Waals surface area (Å²) >= 11 is 0. The molecule has 6 heteroatoms. The summed E-state index contributed by atoms with van der Waals surface area (Å²) in [6, 6.07) is 0.344. The Labute approximate surface area is 140 Å². The fraction of sp³-hybridized carbons (Fsp3) is 0.941. The number of nitrogens with one attached hydrogen (secondary N) is 1. The summed E-state index contributed by atoms with van der Waals surface area (Å²) in [4.78, 5) is 19.0. The van der Waals surface area contributed by atoms with Crippen molar-refractivity contribution in [2.75, 3.05) is 52.9 Å². The van der Waals surface area contributed by atoms with E-state index < -0.39 is 6.10 Å². The van der Waals surface area contributed by atoms with E-state index in [0.29, 0.717) is 25.0 Å². The van der Waals surface area contributed by atoms with Crippen molar-refractivity contribution in [3.8, 4) is 0 Å². The first-order chi connectivity index (χ1) is 10.9. The largest absolute Gasteiger partial charge is 0.391 e. The third kappa shape index (κ3) is 5.06. The van der Waals surface area contributed by atoms with E-state index in [1.807, 2.05) is 6.92 Å². The predicted octanol–water partition coefficient (Wildman–Crippen LogP) is 0.671. The van der Waals surface area contributed by atoms with Gasteiger partial charge in [-0.2, -0.15) is 0 Å². The first kappa shape index (κ1) is 18.5. The monoisotopic (exact) mass is 326 g/mol. The van der Waals surface area contributed by atoms with E-state index in [2.05, 4.69) is 36.0 Å². The number of likely N-dealkylation sites (tertiary alicyclic amines) is 1. The standard InChI is InChI=1S/C17H34N4O2/c1-13(2)15(20-9-7-19(4)8-10-20)11-18-17(23)21-6-5-14(3)16(22)12-21/h13-16,22H,5-12H2,1-4H3,(H,18,23). The summed E-state index contributed by atoms with van der Waals surface area (Å²) < 4.78 is 0. The average molecular weight is 326 g/mol. The maximum atomic E-state index is 12.4. The number of aliphatic hydroxyl groups excluding tert-OH is 1. The van der Waals surface area contributed by atoms with Crippen LogP contribution in [0.15, 0.2) is 0 Å². The predicted molar refractivity (Wildman–Crippen MR) is 92.5 cm³/mol. The normalized spacial score (nSPS) is 28.9. The molecular weight excluding hydrogens is 292 g/mol. The zero-order valence-electron chi connectivity index (χ0n) is 15.2. The molecule has 3 unspecified atom stereocenters. The molecule has 2 rings (SSSR count). The Morgan fingerprint density at radius 3 is 2.43 bits per heavy atom. The smallest absolute Gasteiger partial charge is 0.317 e. The van der Waals surface area contributed by atoms with Gasteiger partial charge in [-0.25, -0.2) is 4.79 Å². The summed E-state index contributed by atoms with van der Waals surface area (Å²) in [6.07, 6.45) is 0.480. The van der Waals surface area contributed by atoms with Crippen LogP contribution in [0.2, 0.25) is 0 Å². The van der Waals surface area contributed by atoms with Crippen LogP contribution in [-0.2, 0) is 0 Å². The summed E-state index contributed by atoms with van der Waals surface area (Å²) in [6.45, 7) is 12.7. The Hall–Kier alpha value is -0.850. The highest BCUT2D eigenvalue weighted by atomic mass is 16.3. The number of β-amino-alcohol motifs (C(OH)–C–C–N with tert-alkyl or cyclic N) is 1. The summed E-state index contributed by atoms with van der Waals surface area (Å²) in [5.74, 6) is 0.790. The molecule has 3 atom stereocenters. The lowest BCUT2D eigenvalue weighted by Crippen LogP contribution is -2.56. The van der Waals surface area contributed by atoms with Crippen LogP contribution >= 0.6 is 0 Å². The molecule has 0 aromatic carbocycles. The number of nitrogens with zero attached hydrogens (tertiary/aromatic N) is 3. The van der Waals surface area contributed by atoms with Crippen LogP contribution in [0.1, 0.15) is 27.2 Å². The minimum Gasteiger partial charge on any atom is -0.391 e. The van der Waals surface area contributed by atoms with Crippen molar-refractivity contribution in [1.82, 2.24) is 20.0 Å². The molecule has 0 aliphatic carbocycles. The Morgan fingerprint density at radius 1 is 1.22 bits per heavy atom. The van der Waals surface area contributed by atoms with Crippen LogP contribution in [0.5, 0.6) is 0 Å². The van der Waals surface area contributed by atoms with Crippen molar-refractivity contribution in [3.05, 3.63) is 0 Å². The Bertz CT molecular complexity index is 383. The van der Waals surface area contributed by atoms with Crippen molar-refractivity contribution < 1.29 is 9.90 Å². The summed E-state index contributed by atoms with van der Waals surface area (Å²) in [5.41, 5.74) is 0. The molecule has 2 N–H and O–H groups in total. The lowest BCUT2D eigenvalue weighted by Gasteiger charge is -2.40. The number of aliphatic hydroxyl groups is 1. The lowest BCUT2D eigenvalue weighted by molar-refractivity contribution is 0.0421. The van der Waals surface area contributed by atoms with Crippen LogP contribution in [0.3, 0.4) is 0 Å². The maximum Gasteiger partial charge on any atom is 0.317 e. The molecule has 23 heavy (non-hydrogen) atoms. The molecule has 2 amide bonds. The quantitative estimate of drug-likeness (QED) is 0.797. The third-order valence-corrected chi connectivity index (χ3v) is 5.44. The van der Waals surface area contributed by atoms with Gasteiger partial charge in [0.05, 0.1) is 6.10 Å². The molecule has 0 spiro atoms. The molecule has 0 aromatic rings. The van der Waals surface area contributed by atoms with Gasteiger partial charge in [0.25, 0.3) is 0 Å². The molecule has 0 radical (unpaired) electrons. The van der Waals surface area contributed by atoms with Gasteiger partial charge in [0.2, 0.25) is 0 Å². The lowest BCUT2D eigenvalue weighted by atomic mass is 9.96. The minimum atomic E-state index is -0.395. The Kier molecular flexibility index (Phi) is 6.68. The first-order valence-electron chi connectivity index (χ1n) is 9.02. The molecule has 2 fully saturated rings. The van der Waals surface area contributed by atoms with Gasteiger partial charge >= 0.3 is 6.03 Å². The van der Waals surface area contributed by atoms with E-state index >= 15 is 0 Å². The van der Waals surface area contributed by atoms with E-state index in [-0.39, 0.29) is 11.9 Å². The Balaban J connectivity index is 1.82. The summed E-state index contributed by atoms with van der Waals surface area (Å²) in [7, 11) is 2.16. The van der Waals surface area contributed by atoms with Crippen molar-refractivity contribution >= 4 is 6.03 Å². The highest BCUT2D eigenvalue weighted by Crippen LogP contribution is 2.17. The van der Waals surface area contributed by atoms with Gasteiger partial charge in [-0.05, 0) is 25.3 Å². The van der Waals surface area contributed by atoms with Crippen LogP contribution < -0.4 is 5.32 Å². The number of piperazine rings is 1. The van der Waals surface area contributed by atoms with Crippen LogP contribution in [0.25, 0.3) is 0 Å². The topological polar surface area (TPSA) is 59.1 Å². The van der Waals surface area contributed by atoms with Crippen LogP contribution in [-0.4, -0.2) is 90.8 Å². The number of rotatable bonds is 4. The molecule has 6 nitrogen and oxygen atoms in total. The van der Waals surface area contributed by atoms with Gasteiger partial charge in [0.15, 0.2) is 0 Å². The number of piperidine rings is 1. The highest BCUT2D eigenvalue weighted by molar-refractivity contribution is 5.74. The van der Waals surface area contributed by atoms with Gasteiger partial charge in [-0.15, -0.1) is 0 Å². The highest BCUT2D eigenvalue weighted by Gasteiger charge is 2.29. The molecule has 134 valence electrons. The molecule has 0 aromatic heterocycles. The van der Waals surface area contributed by atoms with E-state index in [1.165, 1.54) is 0 Å². The first-order valence-corrected chi connectivity index (χ1v) is 9.02. The fourth-order valence-corrected chi connectivity index (χ4v) is 3.48. The Morgan fingerprint density at radius 2 is 1.87 bits per heavy atom. The van der Waals surface area contributed by atoms with E-state index in [9.17, 15) is 9.90 Å². The van der Waals surface area contributed by atoms with Crippen LogP contribution in [0, 0.1) is 11.8 Å². The average Bonchev–Trinajstić information content (AvgIpc) is 2.51. The molecule has 0 bridgehead atoms. The van der Waals surface area contributed by atoms with Gasteiger partial charge in [0, 0.05) is 51.9 Å². The number of carbonyl (C=O) groups is 1. The second-order valence-corrected chi connectivity index (χ2v) is 7.62. The van der Waals surface area contributed by atoms with Gasteiger partial charge in [-0.3, -0.25) is 4.90 Å². The van der Waals surface area contributed by atoms with Crippen molar-refractivity contribution in [2.24, 2.45) is 11.8 Å². The molecule has 2 saturated heterocycles. The zero-order chi connectivity index (χ0) is 17.0. The molecular formula is C17H34N4O2. The van der Waals surface area contributed by atoms with Gasteiger partial charge < -0.3 is 20.2 Å². The maximum absolute atomic E-state index is 12.4. The van der Waals surface area contributed by atoms with Gasteiger partial charge in [-0.1, -0.05) is 20.8 Å². The SMILES string of the molecule is CC(C)C(CNC(=O)N1CCC(C)C(O)C1)N1CCN(C)CC1. The van der Waals surface area contributed by atoms with Gasteiger partial charge in [0.1, 0.15) is 0 Å².